The summed E-state index contributed by atoms with van der Waals surface area (Å²) in [5, 5.41) is 4.71. The van der Waals surface area contributed by atoms with Crippen molar-refractivity contribution in [3.8, 4) is 5.69 Å². The van der Waals surface area contributed by atoms with Crippen LogP contribution in [0.5, 0.6) is 0 Å². The number of thioether (sulfide) groups is 1. The fourth-order valence-corrected chi connectivity index (χ4v) is 3.23. The lowest BCUT2D eigenvalue weighted by Crippen LogP contribution is -2.30. The number of rotatable bonds is 4. The monoisotopic (exact) mass is 343 g/mol. The van der Waals surface area contributed by atoms with Gasteiger partial charge in [0.05, 0.1) is 17.1 Å². The number of benzene rings is 1. The predicted molar refractivity (Wildman–Crippen MR) is 93.5 cm³/mol. The van der Waals surface area contributed by atoms with Gasteiger partial charge in [0.15, 0.2) is 10.8 Å². The third-order valence-electron chi connectivity index (χ3n) is 3.49. The Kier molecular flexibility index (Phi) is 4.39. The molecule has 1 N–H and O–H groups in total. The average Bonchev–Trinajstić information content (AvgIpc) is 2.99. The van der Waals surface area contributed by atoms with E-state index in [4.69, 9.17) is 0 Å². The van der Waals surface area contributed by atoms with Gasteiger partial charge in [-0.1, -0.05) is 30.0 Å². The Labute approximate surface area is 142 Å². The first kappa shape index (κ1) is 16.3. The topological polar surface area (TPSA) is 83.9 Å². The van der Waals surface area contributed by atoms with Crippen LogP contribution in [0.3, 0.4) is 0 Å². The molecule has 2 aromatic heterocycles. The number of aromatic amines is 1. The molecule has 7 nitrogen and oxygen atoms in total. The summed E-state index contributed by atoms with van der Waals surface area (Å²) < 4.78 is 1.62. The SMILES string of the molecule is C[C@@H](Sc1nc2c(cnn2-c2ccccc2)c(=O)[nH]1)C(=O)N(C)C. The van der Waals surface area contributed by atoms with Gasteiger partial charge in [0.25, 0.3) is 5.56 Å². The minimum Gasteiger partial charge on any atom is -0.348 e. The van der Waals surface area contributed by atoms with E-state index < -0.39 is 0 Å². The number of carbonyl (C=O) groups is 1. The van der Waals surface area contributed by atoms with Gasteiger partial charge in [-0.2, -0.15) is 5.10 Å². The molecule has 0 aliphatic carbocycles. The zero-order valence-electron chi connectivity index (χ0n) is 13.6. The van der Waals surface area contributed by atoms with E-state index >= 15 is 0 Å². The molecule has 0 spiro atoms. The molecule has 0 unspecified atom stereocenters. The lowest BCUT2D eigenvalue weighted by atomic mass is 10.3. The van der Waals surface area contributed by atoms with Gasteiger partial charge in [-0.3, -0.25) is 9.59 Å². The lowest BCUT2D eigenvalue weighted by Gasteiger charge is -2.15. The molecular formula is C16H17N5O2S. The zero-order valence-corrected chi connectivity index (χ0v) is 14.4. The van der Waals surface area contributed by atoms with E-state index in [0.29, 0.717) is 16.2 Å². The van der Waals surface area contributed by atoms with Crippen LogP contribution in [0.15, 0.2) is 46.5 Å². The summed E-state index contributed by atoms with van der Waals surface area (Å²) in [5.41, 5.74) is 1.02. The average molecular weight is 343 g/mol. The Hall–Kier alpha value is -2.61. The molecule has 0 fully saturated rings. The van der Waals surface area contributed by atoms with Gasteiger partial charge in [-0.05, 0) is 19.1 Å². The number of fused-ring (bicyclic) bond motifs is 1. The molecule has 1 atom stereocenters. The highest BCUT2D eigenvalue weighted by Gasteiger charge is 2.19. The van der Waals surface area contributed by atoms with E-state index in [-0.39, 0.29) is 16.7 Å². The van der Waals surface area contributed by atoms with Crippen LogP contribution in [0, 0.1) is 0 Å². The first-order chi connectivity index (χ1) is 11.5. The van der Waals surface area contributed by atoms with Crippen molar-refractivity contribution in [2.75, 3.05) is 14.1 Å². The number of para-hydroxylation sites is 1. The minimum absolute atomic E-state index is 0.0423. The number of H-pyrrole nitrogens is 1. The molecule has 3 rings (SSSR count). The highest BCUT2D eigenvalue weighted by Crippen LogP contribution is 2.22. The molecule has 0 saturated heterocycles. The number of nitrogens with one attached hydrogen (secondary N) is 1. The second kappa shape index (κ2) is 6.48. The van der Waals surface area contributed by atoms with Gasteiger partial charge in [0.2, 0.25) is 5.91 Å². The maximum Gasteiger partial charge on any atom is 0.262 e. The van der Waals surface area contributed by atoms with E-state index in [2.05, 4.69) is 15.1 Å². The largest absolute Gasteiger partial charge is 0.348 e. The van der Waals surface area contributed by atoms with Crippen molar-refractivity contribution < 1.29 is 4.79 Å². The molecule has 3 aromatic rings. The van der Waals surface area contributed by atoms with Gasteiger partial charge < -0.3 is 9.88 Å². The molecule has 8 heteroatoms. The number of nitrogens with zero attached hydrogens (tertiary/aromatic N) is 4. The van der Waals surface area contributed by atoms with Crippen LogP contribution in [-0.4, -0.2) is 49.9 Å². The summed E-state index contributed by atoms with van der Waals surface area (Å²) in [4.78, 5) is 33.0. The molecule has 1 aromatic carbocycles. The number of aromatic nitrogens is 4. The first-order valence-electron chi connectivity index (χ1n) is 7.38. The van der Waals surface area contributed by atoms with E-state index in [1.54, 1.807) is 25.7 Å². The van der Waals surface area contributed by atoms with Gasteiger partial charge in [-0.25, -0.2) is 9.67 Å². The van der Waals surface area contributed by atoms with Crippen molar-refractivity contribution in [1.29, 1.82) is 0 Å². The van der Waals surface area contributed by atoms with Crippen molar-refractivity contribution in [3.05, 3.63) is 46.9 Å². The van der Waals surface area contributed by atoms with Gasteiger partial charge in [0, 0.05) is 14.1 Å². The van der Waals surface area contributed by atoms with Gasteiger partial charge in [0.1, 0.15) is 5.39 Å². The second-order valence-electron chi connectivity index (χ2n) is 5.49. The molecule has 0 aliphatic rings. The summed E-state index contributed by atoms with van der Waals surface area (Å²) >= 11 is 1.22. The van der Waals surface area contributed by atoms with E-state index in [9.17, 15) is 9.59 Å². The van der Waals surface area contributed by atoms with Crippen molar-refractivity contribution in [3.63, 3.8) is 0 Å². The third-order valence-corrected chi connectivity index (χ3v) is 4.47. The zero-order chi connectivity index (χ0) is 17.3. The maximum atomic E-state index is 12.3. The van der Waals surface area contributed by atoms with Crippen molar-refractivity contribution in [2.45, 2.75) is 17.3 Å². The quantitative estimate of drug-likeness (QED) is 0.575. The summed E-state index contributed by atoms with van der Waals surface area (Å²) in [7, 11) is 3.40. The van der Waals surface area contributed by atoms with Crippen LogP contribution >= 0.6 is 11.8 Å². The van der Waals surface area contributed by atoms with Crippen molar-refractivity contribution in [1.82, 2.24) is 24.6 Å². The Morgan fingerprint density at radius 1 is 1.29 bits per heavy atom. The molecule has 2 heterocycles. The predicted octanol–water partition coefficient (Wildman–Crippen LogP) is 1.68. The summed E-state index contributed by atoms with van der Waals surface area (Å²) in [5.74, 6) is -0.0423. The highest BCUT2D eigenvalue weighted by atomic mass is 32.2. The second-order valence-corrected chi connectivity index (χ2v) is 6.82. The van der Waals surface area contributed by atoms with Crippen molar-refractivity contribution in [2.24, 2.45) is 0 Å². The molecule has 0 radical (unpaired) electrons. The molecule has 24 heavy (non-hydrogen) atoms. The molecule has 124 valence electrons. The minimum atomic E-state index is -0.353. The fourth-order valence-electron chi connectivity index (χ4n) is 2.29. The fraction of sp³-hybridized carbons (Fsp3) is 0.250. The van der Waals surface area contributed by atoms with Crippen LogP contribution in [0.4, 0.5) is 0 Å². The molecule has 0 aliphatic heterocycles. The molecule has 0 saturated carbocycles. The summed E-state index contributed by atoms with van der Waals surface area (Å²) in [6.07, 6.45) is 1.50. The summed E-state index contributed by atoms with van der Waals surface area (Å²) in [6, 6.07) is 9.47. The smallest absolute Gasteiger partial charge is 0.262 e. The molecular weight excluding hydrogens is 326 g/mol. The normalized spacial score (nSPS) is 12.3. The first-order valence-corrected chi connectivity index (χ1v) is 8.26. The third kappa shape index (κ3) is 3.05. The van der Waals surface area contributed by atoms with Crippen LogP contribution in [0.2, 0.25) is 0 Å². The molecule has 0 bridgehead atoms. The Morgan fingerprint density at radius 3 is 2.67 bits per heavy atom. The number of amides is 1. The van der Waals surface area contributed by atoms with Gasteiger partial charge >= 0.3 is 0 Å². The lowest BCUT2D eigenvalue weighted by molar-refractivity contribution is -0.127. The number of carbonyl (C=O) groups excluding carboxylic acids is 1. The number of hydrogen-bond donors (Lipinski definition) is 1. The van der Waals surface area contributed by atoms with E-state index in [0.717, 1.165) is 5.69 Å². The molecule has 1 amide bonds. The highest BCUT2D eigenvalue weighted by molar-refractivity contribution is 8.00. The summed E-state index contributed by atoms with van der Waals surface area (Å²) in [6.45, 7) is 1.78. The number of hydrogen-bond acceptors (Lipinski definition) is 5. The van der Waals surface area contributed by atoms with Crippen LogP contribution in [-0.2, 0) is 4.79 Å². The Bertz CT molecular complexity index is 933. The van der Waals surface area contributed by atoms with E-state index in [1.807, 2.05) is 30.3 Å². The Balaban J connectivity index is 2.03. The van der Waals surface area contributed by atoms with Crippen LogP contribution < -0.4 is 5.56 Å². The van der Waals surface area contributed by atoms with Crippen molar-refractivity contribution >= 4 is 28.7 Å². The van der Waals surface area contributed by atoms with E-state index in [1.165, 1.54) is 22.9 Å². The standard InChI is InChI=1S/C16H17N5O2S/c1-10(15(23)20(2)3)24-16-18-13-12(14(22)19-16)9-17-21(13)11-7-5-4-6-8-11/h4-10H,1-3H3,(H,18,19,22)/t10-/m1/s1. The van der Waals surface area contributed by atoms with Gasteiger partial charge in [-0.15, -0.1) is 0 Å². The van der Waals surface area contributed by atoms with Crippen LogP contribution in [0.25, 0.3) is 16.7 Å². The Morgan fingerprint density at radius 2 is 2.00 bits per heavy atom. The maximum absolute atomic E-state index is 12.3. The van der Waals surface area contributed by atoms with Crippen LogP contribution in [0.1, 0.15) is 6.92 Å².